The largest absolute Gasteiger partial charge is 0.483 e. The van der Waals surface area contributed by atoms with Gasteiger partial charge in [0.05, 0.1) is 6.04 Å². The van der Waals surface area contributed by atoms with Gasteiger partial charge in [-0.15, -0.1) is 0 Å². The summed E-state index contributed by atoms with van der Waals surface area (Å²) < 4.78 is 7.86. The molecule has 3 aliphatic rings. The zero-order valence-corrected chi connectivity index (χ0v) is 18.7. The maximum Gasteiger partial charge on any atom is 0.290 e. The molecular formula is C21H37N5O5. The molecule has 0 bridgehead atoms. The van der Waals surface area contributed by atoms with E-state index in [4.69, 9.17) is 34.6 Å². The van der Waals surface area contributed by atoms with Gasteiger partial charge in [-0.05, 0) is 72.1 Å². The minimum Gasteiger partial charge on any atom is -0.483 e. The van der Waals surface area contributed by atoms with Gasteiger partial charge in [-0.25, -0.2) is 9.67 Å². The van der Waals surface area contributed by atoms with Crippen LogP contribution in [0.4, 0.5) is 0 Å². The number of hydrogen-bond acceptors (Lipinski definition) is 7. The number of ether oxygens (including phenoxy) is 1. The third-order valence-corrected chi connectivity index (χ3v) is 6.32. The Morgan fingerprint density at radius 3 is 2.19 bits per heavy atom. The summed E-state index contributed by atoms with van der Waals surface area (Å²) in [6.45, 7) is 8.13. The standard InChI is InChI=1S/C19H33N5O.2CH2O2/c1-15-20-19(24(21-15)18-5-10-22(2)11-6-18)16-4-3-9-23(14-16)17-7-12-25-13-8-17;2*2-1-3/h16-18H,3-14H2,1-2H3;2*1H,(H,2,3). The molecule has 3 fully saturated rings. The second kappa shape index (κ2) is 13.4. The van der Waals surface area contributed by atoms with Crippen molar-refractivity contribution in [2.24, 2.45) is 0 Å². The van der Waals surface area contributed by atoms with Crippen LogP contribution in [0.2, 0.25) is 0 Å². The molecule has 0 saturated carbocycles. The molecule has 0 radical (unpaired) electrons. The molecule has 2 N–H and O–H groups in total. The van der Waals surface area contributed by atoms with Gasteiger partial charge < -0.3 is 19.8 Å². The average molecular weight is 440 g/mol. The quantitative estimate of drug-likeness (QED) is 0.677. The van der Waals surface area contributed by atoms with Crippen molar-refractivity contribution in [1.29, 1.82) is 0 Å². The van der Waals surface area contributed by atoms with E-state index in [2.05, 4.69) is 21.5 Å². The van der Waals surface area contributed by atoms with E-state index in [1.165, 1.54) is 64.0 Å². The molecule has 0 aromatic carbocycles. The molecule has 0 amide bonds. The van der Waals surface area contributed by atoms with Crippen molar-refractivity contribution >= 4 is 12.9 Å². The van der Waals surface area contributed by atoms with Crippen molar-refractivity contribution < 1.29 is 24.5 Å². The lowest BCUT2D eigenvalue weighted by molar-refractivity contribution is -0.123. The predicted octanol–water partition coefficient (Wildman–Crippen LogP) is 1.61. The van der Waals surface area contributed by atoms with E-state index >= 15 is 0 Å². The number of carboxylic acid groups (broad SMARTS) is 2. The van der Waals surface area contributed by atoms with Gasteiger partial charge >= 0.3 is 0 Å². The predicted molar refractivity (Wildman–Crippen MR) is 115 cm³/mol. The second-order valence-electron chi connectivity index (χ2n) is 8.38. The highest BCUT2D eigenvalue weighted by atomic mass is 16.5. The van der Waals surface area contributed by atoms with Gasteiger partial charge in [-0.3, -0.25) is 14.5 Å². The molecule has 1 atom stereocenters. The van der Waals surface area contributed by atoms with Crippen LogP contribution in [0.25, 0.3) is 0 Å². The first-order valence-corrected chi connectivity index (χ1v) is 11.1. The van der Waals surface area contributed by atoms with Gasteiger partial charge in [0.25, 0.3) is 12.9 Å². The van der Waals surface area contributed by atoms with Crippen molar-refractivity contribution in [2.75, 3.05) is 46.4 Å². The number of hydrogen-bond donors (Lipinski definition) is 2. The number of rotatable bonds is 3. The third-order valence-electron chi connectivity index (χ3n) is 6.32. The summed E-state index contributed by atoms with van der Waals surface area (Å²) in [4.78, 5) is 26.7. The molecule has 0 spiro atoms. The number of likely N-dealkylation sites (tertiary alicyclic amines) is 2. The van der Waals surface area contributed by atoms with Crippen LogP contribution in [0, 0.1) is 6.92 Å². The van der Waals surface area contributed by atoms with Crippen molar-refractivity contribution in [2.45, 2.75) is 63.5 Å². The van der Waals surface area contributed by atoms with E-state index in [9.17, 15) is 0 Å². The Labute approximate surface area is 184 Å². The Hall–Kier alpha value is -2.04. The Balaban J connectivity index is 0.000000513. The van der Waals surface area contributed by atoms with E-state index in [0.717, 1.165) is 25.6 Å². The molecular weight excluding hydrogens is 402 g/mol. The van der Waals surface area contributed by atoms with Gasteiger partial charge in [0.1, 0.15) is 11.6 Å². The average Bonchev–Trinajstić information content (AvgIpc) is 3.18. The molecule has 31 heavy (non-hydrogen) atoms. The summed E-state index contributed by atoms with van der Waals surface area (Å²) in [7, 11) is 2.22. The summed E-state index contributed by atoms with van der Waals surface area (Å²) >= 11 is 0. The zero-order chi connectivity index (χ0) is 22.6. The summed E-state index contributed by atoms with van der Waals surface area (Å²) in [5, 5.41) is 18.6. The SMILES string of the molecule is Cc1nc(C2CCCN(C3CCOCC3)C2)n(C2CCN(C)CC2)n1.O=CO.O=CO. The molecule has 176 valence electrons. The lowest BCUT2D eigenvalue weighted by Crippen LogP contribution is -2.45. The van der Waals surface area contributed by atoms with Crippen LogP contribution in [0.15, 0.2) is 0 Å². The first kappa shape index (κ1) is 25.2. The number of aryl methyl sites for hydroxylation is 1. The van der Waals surface area contributed by atoms with Crippen LogP contribution in [0.1, 0.15) is 62.1 Å². The Kier molecular flexibility index (Phi) is 10.9. The van der Waals surface area contributed by atoms with E-state index in [1.807, 2.05) is 6.92 Å². The molecule has 3 aliphatic heterocycles. The van der Waals surface area contributed by atoms with Crippen LogP contribution < -0.4 is 0 Å². The van der Waals surface area contributed by atoms with Crippen molar-refractivity contribution in [3.05, 3.63) is 11.6 Å². The lowest BCUT2D eigenvalue weighted by Gasteiger charge is -2.40. The smallest absolute Gasteiger partial charge is 0.290 e. The van der Waals surface area contributed by atoms with E-state index in [-0.39, 0.29) is 12.9 Å². The Morgan fingerprint density at radius 2 is 1.58 bits per heavy atom. The van der Waals surface area contributed by atoms with E-state index in [0.29, 0.717) is 18.0 Å². The molecule has 10 nitrogen and oxygen atoms in total. The summed E-state index contributed by atoms with van der Waals surface area (Å²) in [6.07, 6.45) is 7.30. The zero-order valence-electron chi connectivity index (χ0n) is 18.7. The molecule has 0 aliphatic carbocycles. The first-order valence-electron chi connectivity index (χ1n) is 11.1. The fourth-order valence-corrected chi connectivity index (χ4v) is 4.83. The van der Waals surface area contributed by atoms with Crippen LogP contribution in [0.5, 0.6) is 0 Å². The van der Waals surface area contributed by atoms with Crippen LogP contribution in [-0.2, 0) is 14.3 Å². The van der Waals surface area contributed by atoms with Gasteiger partial charge in [0, 0.05) is 31.7 Å². The van der Waals surface area contributed by atoms with Crippen LogP contribution in [0.3, 0.4) is 0 Å². The fraction of sp³-hybridized carbons (Fsp3) is 0.810. The topological polar surface area (TPSA) is 121 Å². The third kappa shape index (κ3) is 7.55. The van der Waals surface area contributed by atoms with Gasteiger partial charge in [-0.2, -0.15) is 5.10 Å². The van der Waals surface area contributed by atoms with Gasteiger partial charge in [0.15, 0.2) is 0 Å². The Morgan fingerprint density at radius 1 is 0.968 bits per heavy atom. The maximum atomic E-state index is 8.36. The maximum absolute atomic E-state index is 8.36. The molecule has 4 heterocycles. The van der Waals surface area contributed by atoms with Gasteiger partial charge in [-0.1, -0.05) is 0 Å². The minimum atomic E-state index is -0.250. The second-order valence-corrected chi connectivity index (χ2v) is 8.38. The Bertz CT molecular complexity index is 651. The fourth-order valence-electron chi connectivity index (χ4n) is 4.83. The van der Waals surface area contributed by atoms with E-state index < -0.39 is 0 Å². The normalized spacial score (nSPS) is 23.7. The highest BCUT2D eigenvalue weighted by Gasteiger charge is 2.32. The number of carbonyl (C=O) groups is 2. The van der Waals surface area contributed by atoms with Crippen molar-refractivity contribution in [3.8, 4) is 0 Å². The van der Waals surface area contributed by atoms with Gasteiger partial charge in [0.2, 0.25) is 0 Å². The highest BCUT2D eigenvalue weighted by molar-refractivity contribution is 5.33. The molecule has 10 heteroatoms. The van der Waals surface area contributed by atoms with E-state index in [1.54, 1.807) is 0 Å². The van der Waals surface area contributed by atoms with Crippen molar-refractivity contribution in [3.63, 3.8) is 0 Å². The lowest BCUT2D eigenvalue weighted by atomic mass is 9.93. The minimum absolute atomic E-state index is 0.250. The number of piperidine rings is 2. The molecule has 1 aromatic rings. The summed E-state index contributed by atoms with van der Waals surface area (Å²) in [5.74, 6) is 2.73. The summed E-state index contributed by atoms with van der Waals surface area (Å²) in [6, 6.07) is 1.24. The first-order chi connectivity index (χ1) is 15.0. The number of nitrogens with zero attached hydrogens (tertiary/aromatic N) is 5. The molecule has 1 unspecified atom stereocenters. The monoisotopic (exact) mass is 439 g/mol. The van der Waals surface area contributed by atoms with Crippen molar-refractivity contribution in [1.82, 2.24) is 24.6 Å². The van der Waals surface area contributed by atoms with Crippen LogP contribution in [-0.4, -0.2) is 100 Å². The molecule has 1 aromatic heterocycles. The molecule has 3 saturated heterocycles. The number of aromatic nitrogens is 3. The van der Waals surface area contributed by atoms with Crippen LogP contribution >= 0.6 is 0 Å². The summed E-state index contributed by atoms with van der Waals surface area (Å²) in [5.41, 5.74) is 0. The molecule has 4 rings (SSSR count). The highest BCUT2D eigenvalue weighted by Crippen LogP contribution is 2.32.